The van der Waals surface area contributed by atoms with Crippen molar-refractivity contribution in [1.29, 1.82) is 0 Å². The van der Waals surface area contributed by atoms with Crippen molar-refractivity contribution in [2.24, 2.45) is 0 Å². The molecule has 0 radical (unpaired) electrons. The molecule has 0 spiro atoms. The van der Waals surface area contributed by atoms with Gasteiger partial charge in [-0.3, -0.25) is 4.98 Å². The minimum Gasteiger partial charge on any atom is -0.360 e. The summed E-state index contributed by atoms with van der Waals surface area (Å²) in [7, 11) is 0. The first-order valence-corrected chi connectivity index (χ1v) is 10.3. The first-order chi connectivity index (χ1) is 14.0. The molecule has 150 valence electrons. The van der Waals surface area contributed by atoms with Gasteiger partial charge < -0.3 is 15.2 Å². The maximum Gasteiger partial charge on any atom is 0.174 e. The van der Waals surface area contributed by atoms with Gasteiger partial charge in [-0.25, -0.2) is 4.39 Å². The summed E-state index contributed by atoms with van der Waals surface area (Å²) in [6.07, 6.45) is 6.60. The van der Waals surface area contributed by atoms with Gasteiger partial charge in [-0.2, -0.15) is 0 Å². The number of aromatic amines is 1. The van der Waals surface area contributed by atoms with Gasteiger partial charge in [-0.1, -0.05) is 6.08 Å². The summed E-state index contributed by atoms with van der Waals surface area (Å²) in [5.41, 5.74) is 5.08. The summed E-state index contributed by atoms with van der Waals surface area (Å²) in [4.78, 5) is 10.3. The van der Waals surface area contributed by atoms with Gasteiger partial charge in [0.15, 0.2) is 5.11 Å². The number of rotatable bonds is 6. The molecule has 1 aliphatic carbocycles. The monoisotopic (exact) mass is 408 g/mol. The van der Waals surface area contributed by atoms with Gasteiger partial charge in [-0.15, -0.1) is 6.58 Å². The largest absolute Gasteiger partial charge is 0.360 e. The third-order valence-electron chi connectivity index (χ3n) is 5.51. The number of benzene rings is 1. The zero-order valence-corrected chi connectivity index (χ0v) is 17.5. The molecular formula is C23H25FN4S. The Kier molecular flexibility index (Phi) is 5.37. The topological polar surface area (TPSA) is 44.0 Å². The van der Waals surface area contributed by atoms with Crippen LogP contribution in [0.25, 0.3) is 10.9 Å². The lowest BCUT2D eigenvalue weighted by Gasteiger charge is -2.33. The maximum absolute atomic E-state index is 13.6. The number of aromatic nitrogens is 2. The second-order valence-electron chi connectivity index (χ2n) is 7.60. The summed E-state index contributed by atoms with van der Waals surface area (Å²) in [5.74, 6) is -0.272. The molecule has 0 saturated heterocycles. The second-order valence-corrected chi connectivity index (χ2v) is 7.99. The van der Waals surface area contributed by atoms with Crippen LogP contribution in [0.5, 0.6) is 0 Å². The zero-order valence-electron chi connectivity index (χ0n) is 16.7. The smallest absolute Gasteiger partial charge is 0.174 e. The molecule has 1 atom stereocenters. The minimum atomic E-state index is -0.272. The maximum atomic E-state index is 13.6. The van der Waals surface area contributed by atoms with Crippen molar-refractivity contribution in [3.05, 3.63) is 72.0 Å². The van der Waals surface area contributed by atoms with Crippen LogP contribution in [0.2, 0.25) is 0 Å². The van der Waals surface area contributed by atoms with Crippen molar-refractivity contribution < 1.29 is 4.39 Å². The van der Waals surface area contributed by atoms with Gasteiger partial charge >= 0.3 is 0 Å². The Morgan fingerprint density at radius 2 is 2.07 bits per heavy atom. The quantitative estimate of drug-likeness (QED) is 0.419. The van der Waals surface area contributed by atoms with Crippen molar-refractivity contribution in [2.45, 2.75) is 45.2 Å². The standard InChI is InChI=1S/C23H25FN4S/c1-4-5-20(22-21-19(12-13-25-22)14(2)15(3)26-21)28(23(29)27-17-8-9-17)18-10-6-16(24)7-11-18/h4,6-7,10-13,17,20,26H,1,5,8-9H2,2-3H3,(H,27,29). The third kappa shape index (κ3) is 3.90. The summed E-state index contributed by atoms with van der Waals surface area (Å²) in [6, 6.07) is 8.72. The average molecular weight is 409 g/mol. The Labute approximate surface area is 175 Å². The summed E-state index contributed by atoms with van der Waals surface area (Å²) >= 11 is 5.80. The van der Waals surface area contributed by atoms with E-state index in [4.69, 9.17) is 17.2 Å². The molecule has 4 nitrogen and oxygen atoms in total. The number of aryl methyl sites for hydroxylation is 2. The highest BCUT2D eigenvalue weighted by Crippen LogP contribution is 2.35. The number of pyridine rings is 1. The Bertz CT molecular complexity index is 1050. The number of nitrogens with one attached hydrogen (secondary N) is 2. The van der Waals surface area contributed by atoms with Gasteiger partial charge in [0.1, 0.15) is 5.82 Å². The van der Waals surface area contributed by atoms with Gasteiger partial charge in [-0.05, 0) is 81.2 Å². The highest BCUT2D eigenvalue weighted by Gasteiger charge is 2.30. The van der Waals surface area contributed by atoms with Crippen LogP contribution in [0.1, 0.15) is 42.3 Å². The van der Waals surface area contributed by atoms with Crippen LogP contribution in [0.3, 0.4) is 0 Å². The van der Waals surface area contributed by atoms with Crippen molar-refractivity contribution in [1.82, 2.24) is 15.3 Å². The number of nitrogens with zero attached hydrogens (tertiary/aromatic N) is 2. The molecule has 2 heterocycles. The molecule has 1 unspecified atom stereocenters. The van der Waals surface area contributed by atoms with Crippen LogP contribution < -0.4 is 10.2 Å². The molecule has 0 bridgehead atoms. The number of H-pyrrole nitrogens is 1. The molecule has 6 heteroatoms. The van der Waals surface area contributed by atoms with Crippen molar-refractivity contribution in [3.8, 4) is 0 Å². The lowest BCUT2D eigenvalue weighted by molar-refractivity contribution is 0.626. The van der Waals surface area contributed by atoms with Crippen LogP contribution in [0, 0.1) is 19.7 Å². The van der Waals surface area contributed by atoms with Crippen LogP contribution in [-0.2, 0) is 0 Å². The third-order valence-corrected chi connectivity index (χ3v) is 5.82. The molecule has 1 aliphatic rings. The normalized spacial score (nSPS) is 14.6. The predicted octanol–water partition coefficient (Wildman–Crippen LogP) is 5.48. The minimum absolute atomic E-state index is 0.169. The van der Waals surface area contributed by atoms with Gasteiger partial charge in [0, 0.05) is 29.0 Å². The van der Waals surface area contributed by atoms with Crippen LogP contribution in [-0.4, -0.2) is 21.1 Å². The van der Waals surface area contributed by atoms with Crippen molar-refractivity contribution in [3.63, 3.8) is 0 Å². The molecule has 2 N–H and O–H groups in total. The van der Waals surface area contributed by atoms with E-state index in [0.717, 1.165) is 40.8 Å². The molecular weight excluding hydrogens is 383 g/mol. The van der Waals surface area contributed by atoms with E-state index in [1.54, 1.807) is 12.1 Å². The average Bonchev–Trinajstić information content (AvgIpc) is 3.47. The molecule has 1 saturated carbocycles. The zero-order chi connectivity index (χ0) is 20.5. The Balaban J connectivity index is 1.84. The van der Waals surface area contributed by atoms with Gasteiger partial charge in [0.25, 0.3) is 0 Å². The first kappa shape index (κ1) is 19.6. The highest BCUT2D eigenvalue weighted by molar-refractivity contribution is 7.80. The SMILES string of the molecule is C=CCC(c1nccc2c(C)c(C)[nH]c12)N(C(=S)NC1CC1)c1ccc(F)cc1. The van der Waals surface area contributed by atoms with Crippen LogP contribution in [0.4, 0.5) is 10.1 Å². The Hall–Kier alpha value is -2.73. The van der Waals surface area contributed by atoms with E-state index in [-0.39, 0.29) is 11.9 Å². The second kappa shape index (κ2) is 7.95. The van der Waals surface area contributed by atoms with E-state index >= 15 is 0 Å². The lowest BCUT2D eigenvalue weighted by atomic mass is 10.0. The summed E-state index contributed by atoms with van der Waals surface area (Å²) in [5, 5.41) is 5.22. The van der Waals surface area contributed by atoms with Crippen LogP contribution >= 0.6 is 12.2 Å². The molecule has 0 amide bonds. The summed E-state index contributed by atoms with van der Waals surface area (Å²) in [6.45, 7) is 8.14. The molecule has 3 aromatic rings. The number of hydrogen-bond acceptors (Lipinski definition) is 2. The number of halogens is 1. The Morgan fingerprint density at radius 3 is 2.72 bits per heavy atom. The van der Waals surface area contributed by atoms with E-state index in [0.29, 0.717) is 17.6 Å². The van der Waals surface area contributed by atoms with Crippen molar-refractivity contribution >= 4 is 33.9 Å². The number of anilines is 1. The molecule has 0 aliphatic heterocycles. The van der Waals surface area contributed by atoms with Gasteiger partial charge in [0.2, 0.25) is 0 Å². The van der Waals surface area contributed by atoms with Gasteiger partial charge in [0.05, 0.1) is 17.3 Å². The van der Waals surface area contributed by atoms with E-state index in [9.17, 15) is 4.39 Å². The fourth-order valence-corrected chi connectivity index (χ4v) is 4.07. The van der Waals surface area contributed by atoms with E-state index < -0.39 is 0 Å². The summed E-state index contributed by atoms with van der Waals surface area (Å²) < 4.78 is 13.6. The number of fused-ring (bicyclic) bond motifs is 1. The van der Waals surface area contributed by atoms with Crippen LogP contribution in [0.15, 0.2) is 49.2 Å². The first-order valence-electron chi connectivity index (χ1n) is 9.89. The fraction of sp³-hybridized carbons (Fsp3) is 0.304. The predicted molar refractivity (Wildman–Crippen MR) is 121 cm³/mol. The molecule has 1 fully saturated rings. The molecule has 2 aromatic heterocycles. The van der Waals surface area contributed by atoms with E-state index in [2.05, 4.69) is 30.7 Å². The lowest BCUT2D eigenvalue weighted by Crippen LogP contribution is -2.43. The molecule has 1 aromatic carbocycles. The van der Waals surface area contributed by atoms with E-state index in [1.807, 2.05) is 23.2 Å². The molecule has 29 heavy (non-hydrogen) atoms. The van der Waals surface area contributed by atoms with E-state index in [1.165, 1.54) is 17.7 Å². The number of thiocarbonyl (C=S) groups is 1. The fourth-order valence-electron chi connectivity index (χ4n) is 3.67. The van der Waals surface area contributed by atoms with Crippen molar-refractivity contribution in [2.75, 3.05) is 4.90 Å². The molecule has 4 rings (SSSR count). The Morgan fingerprint density at radius 1 is 1.34 bits per heavy atom. The highest BCUT2D eigenvalue weighted by atomic mass is 32.1. The number of hydrogen-bond donors (Lipinski definition) is 2.